The summed E-state index contributed by atoms with van der Waals surface area (Å²) in [5, 5.41) is 2.97. The molecule has 0 spiro atoms. The van der Waals surface area contributed by atoms with Gasteiger partial charge in [-0.15, -0.1) is 0 Å². The van der Waals surface area contributed by atoms with Gasteiger partial charge in [-0.3, -0.25) is 14.5 Å². The van der Waals surface area contributed by atoms with E-state index in [2.05, 4.69) is 29.0 Å². The maximum absolute atomic E-state index is 12.5. The molecule has 168 valence electrons. The van der Waals surface area contributed by atoms with Crippen LogP contribution in [0.2, 0.25) is 0 Å². The van der Waals surface area contributed by atoms with E-state index >= 15 is 0 Å². The summed E-state index contributed by atoms with van der Waals surface area (Å²) in [4.78, 5) is 33.2. The van der Waals surface area contributed by atoms with Crippen LogP contribution in [0.3, 0.4) is 0 Å². The fourth-order valence-corrected chi connectivity index (χ4v) is 3.64. The quantitative estimate of drug-likeness (QED) is 0.625. The number of ether oxygens (including phenoxy) is 1. The molecule has 0 saturated carbocycles. The lowest BCUT2D eigenvalue weighted by atomic mass is 10.1. The second kappa shape index (κ2) is 10.4. The van der Waals surface area contributed by atoms with Crippen molar-refractivity contribution < 1.29 is 18.7 Å². The number of nitrogens with zero attached hydrogens (tertiary/aromatic N) is 3. The summed E-state index contributed by atoms with van der Waals surface area (Å²) in [6, 6.07) is 5.71. The highest BCUT2D eigenvalue weighted by Crippen LogP contribution is 2.33. The van der Waals surface area contributed by atoms with Crippen LogP contribution in [0.15, 0.2) is 28.9 Å². The number of hydrogen-bond acceptors (Lipinski definition) is 6. The van der Waals surface area contributed by atoms with Crippen molar-refractivity contribution in [3.8, 4) is 5.75 Å². The Kier molecular flexibility index (Phi) is 7.68. The second-order valence-corrected chi connectivity index (χ2v) is 7.91. The highest BCUT2D eigenvalue weighted by atomic mass is 16.5. The highest BCUT2D eigenvalue weighted by molar-refractivity contribution is 5.97. The molecule has 0 fully saturated rings. The van der Waals surface area contributed by atoms with Crippen molar-refractivity contribution in [1.82, 2.24) is 15.2 Å². The number of aryl methyl sites for hydroxylation is 1. The van der Waals surface area contributed by atoms with E-state index in [0.29, 0.717) is 17.3 Å². The molecule has 8 heteroatoms. The Bertz CT molecular complexity index is 907. The molecule has 3 rings (SSSR count). The van der Waals surface area contributed by atoms with E-state index < -0.39 is 0 Å². The van der Waals surface area contributed by atoms with E-state index in [1.807, 2.05) is 32.0 Å². The lowest BCUT2D eigenvalue weighted by molar-refractivity contribution is -0.121. The number of fused-ring (bicyclic) bond motifs is 1. The molecule has 1 aromatic carbocycles. The first-order valence-corrected chi connectivity index (χ1v) is 10.9. The summed E-state index contributed by atoms with van der Waals surface area (Å²) in [7, 11) is 0. The molecule has 0 aliphatic carbocycles. The number of oxazole rings is 1. The Morgan fingerprint density at radius 1 is 1.32 bits per heavy atom. The number of carbonyl (C=O) groups is 2. The van der Waals surface area contributed by atoms with E-state index in [1.54, 1.807) is 4.90 Å². The van der Waals surface area contributed by atoms with Gasteiger partial charge in [-0.1, -0.05) is 19.9 Å². The molecule has 8 nitrogen and oxygen atoms in total. The van der Waals surface area contributed by atoms with Crippen molar-refractivity contribution in [2.75, 3.05) is 31.1 Å². The van der Waals surface area contributed by atoms with Crippen LogP contribution >= 0.6 is 0 Å². The number of benzene rings is 1. The van der Waals surface area contributed by atoms with Gasteiger partial charge in [0, 0.05) is 6.04 Å². The molecular weight excluding hydrogens is 396 g/mol. The zero-order valence-electron chi connectivity index (χ0n) is 18.8. The number of carbonyl (C=O) groups excluding carboxylic acids is 2. The predicted octanol–water partition coefficient (Wildman–Crippen LogP) is 3.15. The molecule has 0 radical (unpaired) electrons. The highest BCUT2D eigenvalue weighted by Gasteiger charge is 2.27. The van der Waals surface area contributed by atoms with Crippen molar-refractivity contribution in [3.63, 3.8) is 0 Å². The second-order valence-electron chi connectivity index (χ2n) is 7.91. The summed E-state index contributed by atoms with van der Waals surface area (Å²) >= 11 is 0. The summed E-state index contributed by atoms with van der Waals surface area (Å²) in [5.41, 5.74) is 1.92. The molecule has 1 aromatic heterocycles. The van der Waals surface area contributed by atoms with E-state index in [0.717, 1.165) is 38.0 Å². The van der Waals surface area contributed by atoms with Crippen LogP contribution < -0.4 is 15.0 Å². The normalized spacial score (nSPS) is 14.4. The van der Waals surface area contributed by atoms with Gasteiger partial charge in [0.05, 0.1) is 5.69 Å². The van der Waals surface area contributed by atoms with Crippen molar-refractivity contribution >= 4 is 17.5 Å². The van der Waals surface area contributed by atoms with Gasteiger partial charge < -0.3 is 19.4 Å². The summed E-state index contributed by atoms with van der Waals surface area (Å²) in [6.45, 7) is 11.5. The molecule has 1 aliphatic heterocycles. The van der Waals surface area contributed by atoms with Gasteiger partial charge in [0.2, 0.25) is 5.89 Å². The molecule has 1 atom stereocenters. The minimum absolute atomic E-state index is 0.0326. The minimum atomic E-state index is -0.269. The average Bonchev–Trinajstić information content (AvgIpc) is 3.22. The fraction of sp³-hybridized carbons (Fsp3) is 0.522. The smallest absolute Gasteiger partial charge is 0.273 e. The van der Waals surface area contributed by atoms with Crippen molar-refractivity contribution in [2.24, 2.45) is 0 Å². The van der Waals surface area contributed by atoms with Crippen molar-refractivity contribution in [1.29, 1.82) is 0 Å². The zero-order valence-corrected chi connectivity index (χ0v) is 18.8. The topological polar surface area (TPSA) is 87.9 Å². The molecule has 31 heavy (non-hydrogen) atoms. The Morgan fingerprint density at radius 2 is 2.10 bits per heavy atom. The maximum Gasteiger partial charge on any atom is 0.273 e. The third kappa shape index (κ3) is 5.85. The van der Waals surface area contributed by atoms with Crippen LogP contribution in [0.25, 0.3) is 0 Å². The van der Waals surface area contributed by atoms with E-state index in [1.165, 1.54) is 6.26 Å². The van der Waals surface area contributed by atoms with Crippen molar-refractivity contribution in [3.05, 3.63) is 41.6 Å². The Balaban J connectivity index is 1.57. The number of nitrogens with one attached hydrogen (secondary N) is 1. The molecule has 1 aliphatic rings. The van der Waals surface area contributed by atoms with Crippen LogP contribution in [0, 0.1) is 6.92 Å². The van der Waals surface area contributed by atoms with Gasteiger partial charge in [0.15, 0.2) is 12.3 Å². The third-order valence-corrected chi connectivity index (χ3v) is 5.52. The molecule has 0 unspecified atom stereocenters. The SMILES string of the molecule is CCN(CC)CCC[C@@H](C)NC(=O)c1coc(CN2C(=O)COc3ccc(C)cc32)n1. The molecule has 2 aromatic rings. The Hall–Kier alpha value is -2.87. The van der Waals surface area contributed by atoms with Crippen LogP contribution in [0.4, 0.5) is 5.69 Å². The number of amides is 2. The van der Waals surface area contributed by atoms with E-state index in [-0.39, 0.29) is 36.7 Å². The van der Waals surface area contributed by atoms with Crippen LogP contribution in [0.5, 0.6) is 5.75 Å². The van der Waals surface area contributed by atoms with E-state index in [4.69, 9.17) is 9.15 Å². The monoisotopic (exact) mass is 428 g/mol. The first-order valence-electron chi connectivity index (χ1n) is 10.9. The number of hydrogen-bond donors (Lipinski definition) is 1. The molecular formula is C23H32N4O4. The van der Waals surface area contributed by atoms with Gasteiger partial charge in [-0.2, -0.15) is 0 Å². The molecule has 2 heterocycles. The van der Waals surface area contributed by atoms with Crippen LogP contribution in [-0.4, -0.2) is 54.0 Å². The number of rotatable bonds is 10. The Morgan fingerprint density at radius 3 is 2.84 bits per heavy atom. The molecule has 0 saturated heterocycles. The Labute approximate surface area is 183 Å². The summed E-state index contributed by atoms with van der Waals surface area (Å²) < 4.78 is 11.0. The van der Waals surface area contributed by atoms with Crippen LogP contribution in [0.1, 0.15) is 55.6 Å². The first kappa shape index (κ1) is 22.8. The van der Waals surface area contributed by atoms with Crippen molar-refractivity contribution in [2.45, 2.75) is 53.1 Å². The van der Waals surface area contributed by atoms with Gasteiger partial charge >= 0.3 is 0 Å². The summed E-state index contributed by atoms with van der Waals surface area (Å²) in [5.74, 6) is 0.509. The van der Waals surface area contributed by atoms with Gasteiger partial charge in [-0.25, -0.2) is 4.98 Å². The first-order chi connectivity index (χ1) is 14.9. The average molecular weight is 429 g/mol. The van der Waals surface area contributed by atoms with Gasteiger partial charge in [-0.05, 0) is 64.0 Å². The molecule has 1 N–H and O–H groups in total. The maximum atomic E-state index is 12.5. The molecule has 2 amide bonds. The standard InChI is InChI=1S/C23H32N4O4/c1-5-26(6-2)11-7-8-17(4)24-23(29)18-14-31-21(25-18)13-27-19-12-16(3)9-10-20(19)30-15-22(27)28/h9-10,12,14,17H,5-8,11,13,15H2,1-4H3,(H,24,29)/t17-/m1/s1. The largest absolute Gasteiger partial charge is 0.482 e. The van der Waals surface area contributed by atoms with E-state index in [9.17, 15) is 9.59 Å². The number of anilines is 1. The molecule has 0 bridgehead atoms. The zero-order chi connectivity index (χ0) is 22.4. The lowest BCUT2D eigenvalue weighted by Gasteiger charge is -2.28. The number of aromatic nitrogens is 1. The minimum Gasteiger partial charge on any atom is -0.482 e. The van der Waals surface area contributed by atoms with Crippen LogP contribution in [-0.2, 0) is 11.3 Å². The predicted molar refractivity (Wildman–Crippen MR) is 118 cm³/mol. The third-order valence-electron chi connectivity index (χ3n) is 5.52. The summed E-state index contributed by atoms with van der Waals surface area (Å²) in [6.07, 6.45) is 3.26. The van der Waals surface area contributed by atoms with Gasteiger partial charge in [0.25, 0.3) is 11.8 Å². The lowest BCUT2D eigenvalue weighted by Crippen LogP contribution is -2.38. The van der Waals surface area contributed by atoms with Gasteiger partial charge in [0.1, 0.15) is 18.6 Å². The fourth-order valence-electron chi connectivity index (χ4n) is 3.64.